The van der Waals surface area contributed by atoms with E-state index >= 15 is 0 Å². The lowest BCUT2D eigenvalue weighted by Gasteiger charge is -2.27. The lowest BCUT2D eigenvalue weighted by atomic mass is 9.83. The van der Waals surface area contributed by atoms with E-state index in [0.717, 1.165) is 6.54 Å². The zero-order valence-electron chi connectivity index (χ0n) is 12.0. The van der Waals surface area contributed by atoms with Crippen LogP contribution in [0.4, 0.5) is 0 Å². The predicted molar refractivity (Wildman–Crippen MR) is 76.9 cm³/mol. The van der Waals surface area contributed by atoms with Gasteiger partial charge in [-0.25, -0.2) is 0 Å². The molecular weight excluding hydrogens is 224 g/mol. The predicted octanol–water partition coefficient (Wildman–Crippen LogP) is 1.49. The van der Waals surface area contributed by atoms with Gasteiger partial charge in [0.1, 0.15) is 0 Å². The van der Waals surface area contributed by atoms with Crippen molar-refractivity contribution in [3.8, 4) is 0 Å². The Morgan fingerprint density at radius 3 is 2.50 bits per heavy atom. The fraction of sp³-hybridized carbons (Fsp3) is 0.600. The molecule has 0 aliphatic carbocycles. The van der Waals surface area contributed by atoms with E-state index in [9.17, 15) is 0 Å². The summed E-state index contributed by atoms with van der Waals surface area (Å²) in [6.45, 7) is 10.2. The average molecular weight is 250 g/mol. The van der Waals surface area contributed by atoms with Crippen LogP contribution in [0.3, 0.4) is 0 Å². The molecule has 18 heavy (non-hydrogen) atoms. The summed E-state index contributed by atoms with van der Waals surface area (Å²) in [5, 5.41) is 12.2. The van der Waals surface area contributed by atoms with Gasteiger partial charge in [-0.05, 0) is 30.5 Å². The second-order valence-electron chi connectivity index (χ2n) is 5.76. The third-order valence-corrected chi connectivity index (χ3v) is 3.50. The van der Waals surface area contributed by atoms with Gasteiger partial charge in [0.15, 0.2) is 0 Å². The Labute approximate surface area is 110 Å². The average Bonchev–Trinajstić information content (AvgIpc) is 2.32. The Morgan fingerprint density at radius 1 is 1.28 bits per heavy atom. The molecule has 0 saturated carbocycles. The molecule has 0 fully saturated rings. The van der Waals surface area contributed by atoms with E-state index in [1.165, 1.54) is 16.7 Å². The number of aliphatic hydroxyl groups is 1. The van der Waals surface area contributed by atoms with Crippen molar-refractivity contribution in [2.75, 3.05) is 19.7 Å². The molecule has 0 spiro atoms. The van der Waals surface area contributed by atoms with Gasteiger partial charge in [0.25, 0.3) is 0 Å². The Kier molecular flexibility index (Phi) is 5.32. The molecule has 1 aromatic carbocycles. The zero-order valence-corrected chi connectivity index (χ0v) is 12.0. The van der Waals surface area contributed by atoms with Crippen LogP contribution in [0.2, 0.25) is 0 Å². The third-order valence-electron chi connectivity index (χ3n) is 3.50. The first-order chi connectivity index (χ1) is 8.36. The van der Waals surface area contributed by atoms with Crippen molar-refractivity contribution in [3.63, 3.8) is 0 Å². The second-order valence-corrected chi connectivity index (χ2v) is 5.76. The molecule has 0 aliphatic heterocycles. The third kappa shape index (κ3) is 4.09. The number of aliphatic hydroxyl groups excluding tert-OH is 1. The maximum absolute atomic E-state index is 8.88. The molecule has 1 aromatic rings. The Bertz CT molecular complexity index is 388. The molecule has 3 nitrogen and oxygen atoms in total. The van der Waals surface area contributed by atoms with E-state index in [2.05, 4.69) is 51.2 Å². The van der Waals surface area contributed by atoms with E-state index in [1.54, 1.807) is 0 Å². The minimum Gasteiger partial charge on any atom is -0.395 e. The van der Waals surface area contributed by atoms with Crippen molar-refractivity contribution in [3.05, 3.63) is 34.9 Å². The van der Waals surface area contributed by atoms with Gasteiger partial charge < -0.3 is 16.2 Å². The summed E-state index contributed by atoms with van der Waals surface area (Å²) in [5.74, 6) is 0. The molecule has 0 bridgehead atoms. The summed E-state index contributed by atoms with van der Waals surface area (Å²) in [6.07, 6.45) is 0. The molecule has 102 valence electrons. The number of rotatable bonds is 6. The standard InChI is InChI=1S/C15H26N2O/c1-11-5-6-13(7-12(11)2)15(3,4)10-17-8-14(16)9-18/h5-7,14,17-18H,8-10,16H2,1-4H3. The first kappa shape index (κ1) is 15.2. The Morgan fingerprint density at radius 2 is 1.94 bits per heavy atom. The smallest absolute Gasteiger partial charge is 0.0594 e. The highest BCUT2D eigenvalue weighted by molar-refractivity contribution is 5.34. The first-order valence-electron chi connectivity index (χ1n) is 6.51. The van der Waals surface area contributed by atoms with Gasteiger partial charge in [-0.15, -0.1) is 0 Å². The summed E-state index contributed by atoms with van der Waals surface area (Å²) in [6, 6.07) is 6.44. The maximum atomic E-state index is 8.88. The van der Waals surface area contributed by atoms with Crippen LogP contribution in [0.5, 0.6) is 0 Å². The quantitative estimate of drug-likeness (QED) is 0.717. The normalized spacial score (nSPS) is 13.7. The van der Waals surface area contributed by atoms with E-state index in [1.807, 2.05) is 0 Å². The molecule has 3 heteroatoms. The molecule has 1 atom stereocenters. The van der Waals surface area contributed by atoms with Crippen molar-refractivity contribution in [1.82, 2.24) is 5.32 Å². The molecule has 0 radical (unpaired) electrons. The van der Waals surface area contributed by atoms with Gasteiger partial charge in [-0.1, -0.05) is 32.0 Å². The van der Waals surface area contributed by atoms with Gasteiger partial charge in [-0.3, -0.25) is 0 Å². The van der Waals surface area contributed by atoms with E-state index in [-0.39, 0.29) is 18.1 Å². The second kappa shape index (κ2) is 6.32. The topological polar surface area (TPSA) is 58.3 Å². The Hall–Kier alpha value is -0.900. The molecule has 0 aliphatic rings. The maximum Gasteiger partial charge on any atom is 0.0594 e. The van der Waals surface area contributed by atoms with Crippen molar-refractivity contribution >= 4 is 0 Å². The Balaban J connectivity index is 2.64. The molecule has 1 rings (SSSR count). The first-order valence-corrected chi connectivity index (χ1v) is 6.51. The van der Waals surface area contributed by atoms with Crippen LogP contribution in [0, 0.1) is 13.8 Å². The number of nitrogens with one attached hydrogen (secondary N) is 1. The zero-order chi connectivity index (χ0) is 13.8. The summed E-state index contributed by atoms with van der Waals surface area (Å²) in [4.78, 5) is 0. The SMILES string of the molecule is Cc1ccc(C(C)(C)CNCC(N)CO)cc1C. The molecule has 0 saturated heterocycles. The van der Waals surface area contributed by atoms with Crippen molar-refractivity contribution < 1.29 is 5.11 Å². The summed E-state index contributed by atoms with van der Waals surface area (Å²) in [7, 11) is 0. The highest BCUT2D eigenvalue weighted by Crippen LogP contribution is 2.24. The minimum absolute atomic E-state index is 0.0249. The lowest BCUT2D eigenvalue weighted by Crippen LogP contribution is -2.41. The summed E-state index contributed by atoms with van der Waals surface area (Å²) < 4.78 is 0. The van der Waals surface area contributed by atoms with Crippen LogP contribution in [-0.4, -0.2) is 30.8 Å². The number of benzene rings is 1. The molecule has 1 unspecified atom stereocenters. The van der Waals surface area contributed by atoms with Crippen LogP contribution in [0.15, 0.2) is 18.2 Å². The van der Waals surface area contributed by atoms with Crippen molar-refractivity contribution in [1.29, 1.82) is 0 Å². The summed E-state index contributed by atoms with van der Waals surface area (Å²) in [5.41, 5.74) is 9.72. The van der Waals surface area contributed by atoms with Crippen LogP contribution in [0.1, 0.15) is 30.5 Å². The van der Waals surface area contributed by atoms with Gasteiger partial charge in [0.2, 0.25) is 0 Å². The van der Waals surface area contributed by atoms with Crippen molar-refractivity contribution in [2.24, 2.45) is 5.73 Å². The number of hydrogen-bond donors (Lipinski definition) is 3. The minimum atomic E-state index is -0.180. The molecule has 0 heterocycles. The van der Waals surface area contributed by atoms with E-state index < -0.39 is 0 Å². The fourth-order valence-electron chi connectivity index (χ4n) is 1.90. The number of nitrogens with two attached hydrogens (primary N) is 1. The van der Waals surface area contributed by atoms with Gasteiger partial charge in [0.05, 0.1) is 6.61 Å². The molecule has 4 N–H and O–H groups in total. The van der Waals surface area contributed by atoms with E-state index in [4.69, 9.17) is 10.8 Å². The largest absolute Gasteiger partial charge is 0.395 e. The monoisotopic (exact) mass is 250 g/mol. The lowest BCUT2D eigenvalue weighted by molar-refractivity contribution is 0.260. The molecule has 0 amide bonds. The van der Waals surface area contributed by atoms with E-state index in [0.29, 0.717) is 6.54 Å². The van der Waals surface area contributed by atoms with Crippen LogP contribution in [-0.2, 0) is 5.41 Å². The van der Waals surface area contributed by atoms with Gasteiger partial charge in [-0.2, -0.15) is 0 Å². The van der Waals surface area contributed by atoms with Crippen LogP contribution < -0.4 is 11.1 Å². The van der Waals surface area contributed by atoms with Crippen LogP contribution >= 0.6 is 0 Å². The number of aryl methyl sites for hydroxylation is 2. The van der Waals surface area contributed by atoms with Gasteiger partial charge >= 0.3 is 0 Å². The highest BCUT2D eigenvalue weighted by Gasteiger charge is 2.20. The van der Waals surface area contributed by atoms with Gasteiger partial charge in [0, 0.05) is 24.5 Å². The highest BCUT2D eigenvalue weighted by atomic mass is 16.3. The summed E-state index contributed by atoms with van der Waals surface area (Å²) >= 11 is 0. The fourth-order valence-corrected chi connectivity index (χ4v) is 1.90. The number of hydrogen-bond acceptors (Lipinski definition) is 3. The van der Waals surface area contributed by atoms with Crippen LogP contribution in [0.25, 0.3) is 0 Å². The molecule has 0 aromatic heterocycles. The van der Waals surface area contributed by atoms with Crippen molar-refractivity contribution in [2.45, 2.75) is 39.2 Å². The molecular formula is C15H26N2O.